The molecule has 3 rings (SSSR count). The number of hydrogen-bond donors (Lipinski definition) is 2. The molecule has 1 heterocycles. The standard InChI is InChI=1S/C20H19N5O5S/c1-14(18-5-3-4-12-21-18)22-23-19-11-10-17(13-20(19)25(26)27)31(28,29)24-15-6-8-16(30-2)9-7-15/h3-13,23-24H,1-2H3. The van der Waals surface area contributed by atoms with E-state index in [1.165, 1.54) is 31.4 Å². The third-order valence-electron chi connectivity index (χ3n) is 4.20. The van der Waals surface area contributed by atoms with E-state index in [1.807, 2.05) is 0 Å². The van der Waals surface area contributed by atoms with E-state index >= 15 is 0 Å². The largest absolute Gasteiger partial charge is 0.497 e. The van der Waals surface area contributed by atoms with E-state index in [4.69, 9.17) is 4.74 Å². The molecule has 160 valence electrons. The second-order valence-corrected chi connectivity index (χ2v) is 7.98. The molecule has 0 unspecified atom stereocenters. The van der Waals surface area contributed by atoms with Gasteiger partial charge >= 0.3 is 0 Å². The number of hydrogen-bond acceptors (Lipinski definition) is 8. The number of nitro groups is 1. The van der Waals surface area contributed by atoms with Crippen molar-refractivity contribution < 1.29 is 18.1 Å². The Kier molecular flexibility index (Phi) is 6.46. The van der Waals surface area contributed by atoms with Crippen molar-refractivity contribution in [3.63, 3.8) is 0 Å². The Morgan fingerprint density at radius 3 is 2.48 bits per heavy atom. The zero-order valence-corrected chi connectivity index (χ0v) is 17.5. The minimum absolute atomic E-state index is 0.0451. The predicted molar refractivity (Wildman–Crippen MR) is 117 cm³/mol. The van der Waals surface area contributed by atoms with Crippen LogP contribution in [0.5, 0.6) is 5.75 Å². The van der Waals surface area contributed by atoms with E-state index in [-0.39, 0.29) is 10.6 Å². The van der Waals surface area contributed by atoms with E-state index in [9.17, 15) is 18.5 Å². The van der Waals surface area contributed by atoms with Gasteiger partial charge in [0.15, 0.2) is 0 Å². The number of nitrogens with zero attached hydrogens (tertiary/aromatic N) is 3. The summed E-state index contributed by atoms with van der Waals surface area (Å²) in [6, 6.07) is 15.0. The van der Waals surface area contributed by atoms with Gasteiger partial charge in [0, 0.05) is 18.0 Å². The van der Waals surface area contributed by atoms with Crippen LogP contribution in [-0.4, -0.2) is 31.1 Å². The predicted octanol–water partition coefficient (Wildman–Crippen LogP) is 3.64. The van der Waals surface area contributed by atoms with Crippen LogP contribution in [-0.2, 0) is 10.0 Å². The second-order valence-electron chi connectivity index (χ2n) is 6.29. The zero-order valence-electron chi connectivity index (χ0n) is 16.6. The van der Waals surface area contributed by atoms with Crippen LogP contribution in [0.2, 0.25) is 0 Å². The van der Waals surface area contributed by atoms with Crippen LogP contribution in [0.15, 0.2) is 76.9 Å². The number of anilines is 2. The molecule has 0 saturated heterocycles. The fraction of sp³-hybridized carbons (Fsp3) is 0.100. The normalized spacial score (nSPS) is 11.6. The summed E-state index contributed by atoms with van der Waals surface area (Å²) in [5.41, 5.74) is 3.62. The number of sulfonamides is 1. The molecular formula is C20H19N5O5S. The molecule has 0 fully saturated rings. The molecule has 3 aromatic rings. The van der Waals surface area contributed by atoms with Crippen molar-refractivity contribution in [1.82, 2.24) is 4.98 Å². The van der Waals surface area contributed by atoms with Crippen LogP contribution in [0.3, 0.4) is 0 Å². The van der Waals surface area contributed by atoms with E-state index in [0.717, 1.165) is 6.07 Å². The monoisotopic (exact) mass is 441 g/mol. The number of ether oxygens (including phenoxy) is 1. The number of methoxy groups -OCH3 is 1. The zero-order chi connectivity index (χ0) is 22.4. The second kappa shape index (κ2) is 9.22. The summed E-state index contributed by atoms with van der Waals surface area (Å²) in [5, 5.41) is 15.6. The Balaban J connectivity index is 1.86. The summed E-state index contributed by atoms with van der Waals surface area (Å²) in [7, 11) is -2.55. The van der Waals surface area contributed by atoms with Gasteiger partial charge in [0.2, 0.25) is 0 Å². The number of benzene rings is 2. The van der Waals surface area contributed by atoms with Gasteiger partial charge in [0.1, 0.15) is 11.4 Å². The van der Waals surface area contributed by atoms with Crippen LogP contribution < -0.4 is 14.9 Å². The third kappa shape index (κ3) is 5.34. The van der Waals surface area contributed by atoms with E-state index in [1.54, 1.807) is 43.5 Å². The molecule has 0 aliphatic carbocycles. The van der Waals surface area contributed by atoms with Crippen LogP contribution in [0.25, 0.3) is 0 Å². The molecule has 0 aliphatic rings. The summed E-state index contributed by atoms with van der Waals surface area (Å²) in [5.74, 6) is 0.565. The molecule has 31 heavy (non-hydrogen) atoms. The van der Waals surface area contributed by atoms with E-state index in [2.05, 4.69) is 20.2 Å². The molecule has 2 aromatic carbocycles. The minimum Gasteiger partial charge on any atom is -0.497 e. The van der Waals surface area contributed by atoms with Gasteiger partial charge in [0.05, 0.1) is 28.3 Å². The first-order valence-electron chi connectivity index (χ1n) is 8.97. The quantitative estimate of drug-likeness (QED) is 0.309. The lowest BCUT2D eigenvalue weighted by atomic mass is 10.2. The van der Waals surface area contributed by atoms with Crippen molar-refractivity contribution >= 4 is 32.8 Å². The molecule has 0 atom stereocenters. The molecule has 2 N–H and O–H groups in total. The van der Waals surface area contributed by atoms with Crippen LogP contribution >= 0.6 is 0 Å². The Labute approximate surface area is 178 Å². The Morgan fingerprint density at radius 2 is 1.87 bits per heavy atom. The number of pyridine rings is 1. The minimum atomic E-state index is -4.05. The first kappa shape index (κ1) is 21.7. The maximum Gasteiger partial charge on any atom is 0.295 e. The molecular weight excluding hydrogens is 422 g/mol. The van der Waals surface area contributed by atoms with Gasteiger partial charge in [-0.05, 0) is 55.5 Å². The van der Waals surface area contributed by atoms with Gasteiger partial charge < -0.3 is 4.74 Å². The lowest BCUT2D eigenvalue weighted by molar-refractivity contribution is -0.384. The van der Waals surface area contributed by atoms with Gasteiger partial charge in [-0.1, -0.05) is 6.07 Å². The SMILES string of the molecule is COc1ccc(NS(=O)(=O)c2ccc(NN=C(C)c3ccccn3)c([N+](=O)[O-])c2)cc1. The number of aromatic nitrogens is 1. The van der Waals surface area contributed by atoms with Crippen LogP contribution in [0.4, 0.5) is 17.1 Å². The highest BCUT2D eigenvalue weighted by molar-refractivity contribution is 7.92. The molecule has 1 aromatic heterocycles. The first-order valence-corrected chi connectivity index (χ1v) is 10.5. The Morgan fingerprint density at radius 1 is 1.13 bits per heavy atom. The van der Waals surface area contributed by atoms with Crippen molar-refractivity contribution in [1.29, 1.82) is 0 Å². The van der Waals surface area contributed by atoms with Gasteiger partial charge in [-0.15, -0.1) is 0 Å². The molecule has 11 heteroatoms. The molecule has 0 radical (unpaired) electrons. The van der Waals surface area contributed by atoms with Gasteiger partial charge in [-0.25, -0.2) is 8.42 Å². The average Bonchev–Trinajstić information content (AvgIpc) is 2.78. The van der Waals surface area contributed by atoms with E-state index in [0.29, 0.717) is 22.8 Å². The summed E-state index contributed by atoms with van der Waals surface area (Å²) in [6.07, 6.45) is 1.60. The lowest BCUT2D eigenvalue weighted by Crippen LogP contribution is -2.13. The van der Waals surface area contributed by atoms with E-state index < -0.39 is 20.6 Å². The Hall–Kier alpha value is -3.99. The topological polar surface area (TPSA) is 136 Å². The van der Waals surface area contributed by atoms with Gasteiger partial charge in [0.25, 0.3) is 15.7 Å². The smallest absolute Gasteiger partial charge is 0.295 e. The third-order valence-corrected chi connectivity index (χ3v) is 5.58. The molecule has 0 saturated carbocycles. The van der Waals surface area contributed by atoms with Crippen LogP contribution in [0, 0.1) is 10.1 Å². The fourth-order valence-electron chi connectivity index (χ4n) is 2.58. The highest BCUT2D eigenvalue weighted by Crippen LogP contribution is 2.29. The number of nitrogens with one attached hydrogen (secondary N) is 2. The fourth-order valence-corrected chi connectivity index (χ4v) is 3.65. The van der Waals surface area contributed by atoms with Gasteiger partial charge in [-0.2, -0.15) is 5.10 Å². The summed E-state index contributed by atoms with van der Waals surface area (Å²) < 4.78 is 32.8. The summed E-state index contributed by atoms with van der Waals surface area (Å²) in [6.45, 7) is 1.69. The van der Waals surface area contributed by atoms with Gasteiger partial charge in [-0.3, -0.25) is 25.2 Å². The number of hydrazone groups is 1. The maximum atomic E-state index is 12.7. The lowest BCUT2D eigenvalue weighted by Gasteiger charge is -2.10. The molecule has 10 nitrogen and oxygen atoms in total. The molecule has 0 spiro atoms. The number of rotatable bonds is 8. The van der Waals surface area contributed by atoms with Crippen molar-refractivity contribution in [2.75, 3.05) is 17.3 Å². The highest BCUT2D eigenvalue weighted by atomic mass is 32.2. The summed E-state index contributed by atoms with van der Waals surface area (Å²) >= 11 is 0. The molecule has 0 bridgehead atoms. The Bertz CT molecular complexity index is 1210. The molecule has 0 amide bonds. The highest BCUT2D eigenvalue weighted by Gasteiger charge is 2.21. The average molecular weight is 441 g/mol. The van der Waals surface area contributed by atoms with Crippen molar-refractivity contribution in [2.45, 2.75) is 11.8 Å². The first-order chi connectivity index (χ1) is 14.8. The van der Waals surface area contributed by atoms with Crippen molar-refractivity contribution in [3.8, 4) is 5.75 Å². The van der Waals surface area contributed by atoms with Crippen LogP contribution in [0.1, 0.15) is 12.6 Å². The molecule has 0 aliphatic heterocycles. The maximum absolute atomic E-state index is 12.7. The van der Waals surface area contributed by atoms with Crippen molar-refractivity contribution in [2.24, 2.45) is 5.10 Å². The number of nitro benzene ring substituents is 1. The van der Waals surface area contributed by atoms with Crippen molar-refractivity contribution in [3.05, 3.63) is 82.7 Å². The summed E-state index contributed by atoms with van der Waals surface area (Å²) in [4.78, 5) is 14.7.